The van der Waals surface area contributed by atoms with Crippen LogP contribution in [0.4, 0.5) is 10.1 Å². The summed E-state index contributed by atoms with van der Waals surface area (Å²) >= 11 is 0. The first kappa shape index (κ1) is 20.4. The van der Waals surface area contributed by atoms with Crippen LogP contribution in [0.5, 0.6) is 5.75 Å². The van der Waals surface area contributed by atoms with E-state index in [-0.39, 0.29) is 11.1 Å². The van der Waals surface area contributed by atoms with Gasteiger partial charge in [0.15, 0.2) is 5.75 Å². The van der Waals surface area contributed by atoms with Gasteiger partial charge < -0.3 is 19.2 Å². The average molecular weight is 470 g/mol. The summed E-state index contributed by atoms with van der Waals surface area (Å²) < 4.78 is 25.3. The molecule has 176 valence electrons. The maximum absolute atomic E-state index is 15.0. The molecule has 3 heterocycles. The number of nitrogens with zero attached hydrogens (tertiary/aromatic N) is 4. The predicted octanol–water partition coefficient (Wildman–Crippen LogP) is 5.19. The number of ether oxygens (including phenoxy) is 1. The zero-order valence-corrected chi connectivity index (χ0v) is 19.3. The molecule has 3 aliphatic rings. The normalized spacial score (nSPS) is 17.3. The van der Waals surface area contributed by atoms with Crippen molar-refractivity contribution in [2.24, 2.45) is 0 Å². The Bertz CT molecular complexity index is 1500. The van der Waals surface area contributed by atoms with Gasteiger partial charge in [0, 0.05) is 24.5 Å². The molecule has 0 atom stereocenters. The van der Waals surface area contributed by atoms with Gasteiger partial charge in [0.2, 0.25) is 0 Å². The zero-order chi connectivity index (χ0) is 23.7. The molecule has 2 saturated carbocycles. The molecule has 1 amide bonds. The number of amides is 1. The lowest BCUT2D eigenvalue weighted by Crippen LogP contribution is -2.23. The number of halogens is 1. The Morgan fingerprint density at radius 2 is 2.09 bits per heavy atom. The van der Waals surface area contributed by atoms with Crippen molar-refractivity contribution in [1.82, 2.24) is 19.1 Å². The first-order valence-corrected chi connectivity index (χ1v) is 12.0. The number of carbonyl (C=O) groups is 1. The van der Waals surface area contributed by atoms with Crippen LogP contribution in [-0.4, -0.2) is 31.6 Å². The number of hydrogen-bond donors (Lipinski definition) is 1. The molecule has 8 heteroatoms. The summed E-state index contributed by atoms with van der Waals surface area (Å²) in [5, 5.41) is 2.89. The highest BCUT2D eigenvalue weighted by molar-refractivity contribution is 6.06. The number of fused-ring (bicyclic) bond motifs is 4. The molecule has 0 saturated heterocycles. The van der Waals surface area contributed by atoms with Crippen molar-refractivity contribution in [3.8, 4) is 22.8 Å². The Balaban J connectivity index is 1.23. The number of anilines is 1. The first-order valence-electron chi connectivity index (χ1n) is 12.0. The Labute approximate surface area is 201 Å². The van der Waals surface area contributed by atoms with Crippen LogP contribution in [0.1, 0.15) is 53.2 Å². The second kappa shape index (κ2) is 7.28. The minimum Gasteiger partial charge on any atom is -0.488 e. The number of hydrogen-bond acceptors (Lipinski definition) is 4. The fourth-order valence-electron chi connectivity index (χ4n) is 5.02. The number of aryl methyl sites for hydroxylation is 1. The first-order chi connectivity index (χ1) is 17.0. The number of aromatic nitrogens is 4. The molecule has 1 aliphatic heterocycles. The molecule has 1 N–H and O–H groups in total. The minimum atomic E-state index is -0.568. The molecule has 0 radical (unpaired) electrons. The number of rotatable bonds is 4. The second-order valence-corrected chi connectivity index (χ2v) is 9.87. The molecule has 2 aromatic heterocycles. The molecular weight excluding hydrogens is 445 g/mol. The summed E-state index contributed by atoms with van der Waals surface area (Å²) in [5.74, 6) is 0.798. The van der Waals surface area contributed by atoms with Crippen molar-refractivity contribution in [3.63, 3.8) is 0 Å². The van der Waals surface area contributed by atoms with Crippen molar-refractivity contribution >= 4 is 11.6 Å². The van der Waals surface area contributed by atoms with Crippen molar-refractivity contribution < 1.29 is 13.9 Å². The van der Waals surface area contributed by atoms with Crippen LogP contribution in [0.25, 0.3) is 17.1 Å². The van der Waals surface area contributed by atoms with Gasteiger partial charge in [0.05, 0.1) is 40.1 Å². The molecule has 7 nitrogen and oxygen atoms in total. The predicted molar refractivity (Wildman–Crippen MR) is 129 cm³/mol. The van der Waals surface area contributed by atoms with Gasteiger partial charge in [0.25, 0.3) is 5.91 Å². The number of nitrogens with one attached hydrogen (secondary N) is 1. The number of imidazole rings is 2. The number of carbonyl (C=O) groups excluding carboxylic acids is 1. The van der Waals surface area contributed by atoms with Crippen LogP contribution < -0.4 is 10.1 Å². The summed E-state index contributed by atoms with van der Waals surface area (Å²) in [5.41, 5.74) is 3.71. The summed E-state index contributed by atoms with van der Waals surface area (Å²) in [6.07, 6.45) is 11.8. The lowest BCUT2D eigenvalue weighted by Gasteiger charge is -2.16. The van der Waals surface area contributed by atoms with E-state index in [0.717, 1.165) is 54.0 Å². The smallest absolute Gasteiger partial charge is 0.258 e. The highest BCUT2D eigenvalue weighted by atomic mass is 19.1. The van der Waals surface area contributed by atoms with E-state index in [1.165, 1.54) is 6.07 Å². The highest BCUT2D eigenvalue weighted by Crippen LogP contribution is 2.50. The minimum absolute atomic E-state index is 0.0290. The second-order valence-electron chi connectivity index (χ2n) is 9.87. The molecule has 4 aromatic rings. The van der Waals surface area contributed by atoms with Crippen molar-refractivity contribution in [2.45, 2.75) is 44.1 Å². The maximum Gasteiger partial charge on any atom is 0.258 e. The molecule has 2 aromatic carbocycles. The van der Waals surface area contributed by atoms with E-state index in [0.29, 0.717) is 24.0 Å². The van der Waals surface area contributed by atoms with Crippen LogP contribution in [0.3, 0.4) is 0 Å². The molecule has 2 fully saturated rings. The fourth-order valence-corrected chi connectivity index (χ4v) is 5.02. The van der Waals surface area contributed by atoms with Gasteiger partial charge in [-0.3, -0.25) is 4.79 Å². The van der Waals surface area contributed by atoms with Gasteiger partial charge in [-0.1, -0.05) is 6.07 Å². The van der Waals surface area contributed by atoms with Crippen LogP contribution in [0.15, 0.2) is 55.2 Å². The lowest BCUT2D eigenvalue weighted by atomic mass is 10.1. The van der Waals surface area contributed by atoms with E-state index < -0.39 is 11.7 Å². The summed E-state index contributed by atoms with van der Waals surface area (Å²) in [7, 11) is 0. The number of para-hydroxylation sites is 1. The Morgan fingerprint density at radius 1 is 1.23 bits per heavy atom. The molecule has 7 rings (SSSR count). The van der Waals surface area contributed by atoms with Gasteiger partial charge in [-0.2, -0.15) is 0 Å². The highest BCUT2D eigenvalue weighted by Gasteiger charge is 2.48. The van der Waals surface area contributed by atoms with Gasteiger partial charge in [-0.05, 0) is 62.4 Å². The monoisotopic (exact) mass is 469 g/mol. The molecule has 1 spiro atoms. The SMILES string of the molecule is Cc1cc(F)c(C(=O)Nc2cccc3c2OCC2(CC2)n2ccnc2-3)cc1-n1cnc(C2CC2)c1. The lowest BCUT2D eigenvalue weighted by molar-refractivity contribution is 0.102. The van der Waals surface area contributed by atoms with Gasteiger partial charge >= 0.3 is 0 Å². The van der Waals surface area contributed by atoms with E-state index in [2.05, 4.69) is 19.9 Å². The van der Waals surface area contributed by atoms with E-state index >= 15 is 0 Å². The summed E-state index contributed by atoms with van der Waals surface area (Å²) in [6.45, 7) is 2.33. The zero-order valence-electron chi connectivity index (χ0n) is 19.3. The molecule has 35 heavy (non-hydrogen) atoms. The van der Waals surface area contributed by atoms with Crippen molar-refractivity contribution in [1.29, 1.82) is 0 Å². The van der Waals surface area contributed by atoms with Crippen LogP contribution in [-0.2, 0) is 5.54 Å². The number of benzene rings is 2. The van der Waals surface area contributed by atoms with Gasteiger partial charge in [-0.15, -0.1) is 0 Å². The standard InChI is InChI=1S/C27H24FN5O2/c1-16-11-20(28)19(12-23(16)32-13-22(30-15-32)17-5-6-17)26(34)31-21-4-2-3-18-24(21)35-14-27(7-8-27)33-10-9-29-25(18)33/h2-4,9-13,15,17H,5-8,14H2,1H3,(H,31,34). The van der Waals surface area contributed by atoms with Gasteiger partial charge in [-0.25, -0.2) is 14.4 Å². The Kier molecular flexibility index (Phi) is 4.25. The Morgan fingerprint density at radius 3 is 2.89 bits per heavy atom. The largest absolute Gasteiger partial charge is 0.488 e. The molecular formula is C27H24FN5O2. The van der Waals surface area contributed by atoms with Crippen molar-refractivity contribution in [2.75, 3.05) is 11.9 Å². The maximum atomic E-state index is 15.0. The van der Waals surface area contributed by atoms with E-state index in [4.69, 9.17) is 4.74 Å². The summed E-state index contributed by atoms with van der Waals surface area (Å²) in [6, 6.07) is 8.55. The third-order valence-corrected chi connectivity index (χ3v) is 7.37. The van der Waals surface area contributed by atoms with Gasteiger partial charge in [0.1, 0.15) is 18.2 Å². The quantitative estimate of drug-likeness (QED) is 0.446. The molecule has 2 aliphatic carbocycles. The third-order valence-electron chi connectivity index (χ3n) is 7.37. The van der Waals surface area contributed by atoms with E-state index in [1.807, 2.05) is 36.0 Å². The third kappa shape index (κ3) is 3.27. The summed E-state index contributed by atoms with van der Waals surface area (Å²) in [4.78, 5) is 22.4. The topological polar surface area (TPSA) is 74.0 Å². The van der Waals surface area contributed by atoms with E-state index in [1.54, 1.807) is 24.7 Å². The Hall–Kier alpha value is -3.94. The van der Waals surface area contributed by atoms with Crippen molar-refractivity contribution in [3.05, 3.63) is 77.9 Å². The van der Waals surface area contributed by atoms with Crippen LogP contribution >= 0.6 is 0 Å². The molecule has 0 bridgehead atoms. The van der Waals surface area contributed by atoms with Crippen LogP contribution in [0, 0.1) is 12.7 Å². The molecule has 0 unspecified atom stereocenters. The van der Waals surface area contributed by atoms with Crippen LogP contribution in [0.2, 0.25) is 0 Å². The average Bonchev–Trinajstić information content (AvgIpc) is 3.76. The fraction of sp³-hybridized carbons (Fsp3) is 0.296. The van der Waals surface area contributed by atoms with E-state index in [9.17, 15) is 9.18 Å².